The molecule has 104 valence electrons. The molecule has 0 spiro atoms. The molecule has 0 aromatic heterocycles. The Labute approximate surface area is 112 Å². The fourth-order valence-corrected chi connectivity index (χ4v) is 2.87. The van der Waals surface area contributed by atoms with Crippen LogP contribution in [-0.2, 0) is 0 Å². The quantitative estimate of drug-likeness (QED) is 0.512. The van der Waals surface area contributed by atoms with E-state index in [2.05, 4.69) is 12.2 Å². The second-order valence-electron chi connectivity index (χ2n) is 5.32. The van der Waals surface area contributed by atoms with Crippen molar-refractivity contribution in [2.75, 3.05) is 0 Å². The topological polar surface area (TPSA) is 0 Å². The molecule has 0 unspecified atom stereocenters. The molecule has 1 fully saturated rings. The second kappa shape index (κ2) is 6.27. The lowest BCUT2D eigenvalue weighted by molar-refractivity contribution is 0.326. The van der Waals surface area contributed by atoms with Crippen molar-refractivity contribution in [3.8, 4) is 0 Å². The van der Waals surface area contributed by atoms with Crippen LogP contribution in [0.3, 0.4) is 0 Å². The summed E-state index contributed by atoms with van der Waals surface area (Å²) in [5.74, 6) is -2.70. The molecular weight excluding hydrogens is 249 g/mol. The summed E-state index contributed by atoms with van der Waals surface area (Å²) in [5.41, 5.74) is 0.598. The molecule has 0 atom stereocenters. The van der Waals surface area contributed by atoms with Crippen molar-refractivity contribution in [1.82, 2.24) is 0 Å². The van der Waals surface area contributed by atoms with Gasteiger partial charge in [0.15, 0.2) is 17.5 Å². The van der Waals surface area contributed by atoms with Gasteiger partial charge >= 0.3 is 0 Å². The first-order valence-electron chi connectivity index (χ1n) is 6.87. The minimum absolute atomic E-state index is 0.159. The van der Waals surface area contributed by atoms with Gasteiger partial charge in [-0.1, -0.05) is 12.2 Å². The molecular formula is C16H19F3. The standard InChI is InChI=1S/C16H19F3/c1-2-3-4-11-5-7-12(8-6-11)13-9-14(17)16(19)15(18)10-13/h2-3,9-12H,4-8H2,1H3/b3-2+. The predicted molar refractivity (Wildman–Crippen MR) is 70.4 cm³/mol. The van der Waals surface area contributed by atoms with Crippen LogP contribution in [0.25, 0.3) is 0 Å². The number of rotatable bonds is 3. The number of hydrogen-bond acceptors (Lipinski definition) is 0. The molecule has 0 radical (unpaired) electrons. The van der Waals surface area contributed by atoms with Gasteiger partial charge in [0.1, 0.15) is 0 Å². The van der Waals surface area contributed by atoms with Crippen LogP contribution in [0.15, 0.2) is 24.3 Å². The molecule has 3 heteroatoms. The Balaban J connectivity index is 2.01. The summed E-state index contributed by atoms with van der Waals surface area (Å²) in [5, 5.41) is 0. The maximum absolute atomic E-state index is 13.2. The van der Waals surface area contributed by atoms with E-state index in [0.717, 1.165) is 44.2 Å². The van der Waals surface area contributed by atoms with Gasteiger partial charge in [0.25, 0.3) is 0 Å². The van der Waals surface area contributed by atoms with Crippen molar-refractivity contribution in [3.05, 3.63) is 47.3 Å². The Morgan fingerprint density at radius 2 is 1.63 bits per heavy atom. The Kier molecular flexibility index (Phi) is 4.67. The fourth-order valence-electron chi connectivity index (χ4n) is 2.87. The SMILES string of the molecule is C/C=C/CC1CCC(c2cc(F)c(F)c(F)c2)CC1. The molecule has 19 heavy (non-hydrogen) atoms. The summed E-state index contributed by atoms with van der Waals surface area (Å²) < 4.78 is 39.3. The molecule has 1 saturated carbocycles. The Hall–Kier alpha value is -1.25. The van der Waals surface area contributed by atoms with Gasteiger partial charge in [-0.15, -0.1) is 0 Å². The van der Waals surface area contributed by atoms with E-state index in [4.69, 9.17) is 0 Å². The first-order valence-corrected chi connectivity index (χ1v) is 6.87. The van der Waals surface area contributed by atoms with Gasteiger partial charge in [0.05, 0.1) is 0 Å². The van der Waals surface area contributed by atoms with Crippen molar-refractivity contribution < 1.29 is 13.2 Å². The summed E-state index contributed by atoms with van der Waals surface area (Å²) in [6.07, 6.45) is 9.28. The van der Waals surface area contributed by atoms with Crippen molar-refractivity contribution in [2.24, 2.45) is 5.92 Å². The van der Waals surface area contributed by atoms with Crippen molar-refractivity contribution in [3.63, 3.8) is 0 Å². The summed E-state index contributed by atoms with van der Waals surface area (Å²) in [7, 11) is 0. The molecule has 1 aliphatic carbocycles. The second-order valence-corrected chi connectivity index (χ2v) is 5.32. The van der Waals surface area contributed by atoms with Gasteiger partial charge in [-0.3, -0.25) is 0 Å². The predicted octanol–water partition coefficient (Wildman–Crippen LogP) is 5.34. The number of benzene rings is 1. The zero-order valence-electron chi connectivity index (χ0n) is 11.1. The highest BCUT2D eigenvalue weighted by Crippen LogP contribution is 2.37. The molecule has 0 heterocycles. The molecule has 1 aromatic carbocycles. The molecule has 0 saturated heterocycles. The van der Waals surface area contributed by atoms with Crippen LogP contribution >= 0.6 is 0 Å². The van der Waals surface area contributed by atoms with Crippen LogP contribution in [0.1, 0.15) is 50.5 Å². The zero-order valence-corrected chi connectivity index (χ0v) is 11.1. The molecule has 0 nitrogen and oxygen atoms in total. The fraction of sp³-hybridized carbons (Fsp3) is 0.500. The van der Waals surface area contributed by atoms with E-state index in [1.165, 1.54) is 0 Å². The molecule has 0 amide bonds. The van der Waals surface area contributed by atoms with Crippen LogP contribution in [0.2, 0.25) is 0 Å². The normalized spacial score (nSPS) is 24.0. The highest BCUT2D eigenvalue weighted by molar-refractivity contribution is 5.23. The highest BCUT2D eigenvalue weighted by Gasteiger charge is 2.23. The zero-order chi connectivity index (χ0) is 13.8. The van der Waals surface area contributed by atoms with Crippen LogP contribution < -0.4 is 0 Å². The lowest BCUT2D eigenvalue weighted by Gasteiger charge is -2.28. The van der Waals surface area contributed by atoms with Crippen LogP contribution in [0, 0.1) is 23.4 Å². The minimum atomic E-state index is -1.37. The van der Waals surface area contributed by atoms with Gasteiger partial charge in [-0.25, -0.2) is 13.2 Å². The Morgan fingerprint density at radius 1 is 1.05 bits per heavy atom. The van der Waals surface area contributed by atoms with Crippen molar-refractivity contribution >= 4 is 0 Å². The van der Waals surface area contributed by atoms with E-state index in [1.807, 2.05) is 6.92 Å². The van der Waals surface area contributed by atoms with E-state index in [1.54, 1.807) is 0 Å². The first-order chi connectivity index (χ1) is 9.11. The van der Waals surface area contributed by atoms with Gasteiger partial charge < -0.3 is 0 Å². The average molecular weight is 268 g/mol. The van der Waals surface area contributed by atoms with Gasteiger partial charge in [-0.05, 0) is 68.6 Å². The molecule has 0 aliphatic heterocycles. The van der Waals surface area contributed by atoms with Crippen LogP contribution in [0.4, 0.5) is 13.2 Å². The lowest BCUT2D eigenvalue weighted by Crippen LogP contribution is -2.13. The Bertz CT molecular complexity index is 434. The number of halogens is 3. The van der Waals surface area contributed by atoms with Crippen LogP contribution in [-0.4, -0.2) is 0 Å². The van der Waals surface area contributed by atoms with E-state index in [9.17, 15) is 13.2 Å². The third-order valence-electron chi connectivity index (χ3n) is 4.03. The largest absolute Gasteiger partial charge is 0.204 e. The molecule has 0 bridgehead atoms. The summed E-state index contributed by atoms with van der Waals surface area (Å²) in [6, 6.07) is 2.30. The lowest BCUT2D eigenvalue weighted by atomic mass is 9.77. The smallest absolute Gasteiger partial charge is 0.194 e. The maximum Gasteiger partial charge on any atom is 0.194 e. The van der Waals surface area contributed by atoms with Gasteiger partial charge in [0.2, 0.25) is 0 Å². The van der Waals surface area contributed by atoms with Gasteiger partial charge in [0, 0.05) is 0 Å². The average Bonchev–Trinajstić information content (AvgIpc) is 2.42. The van der Waals surface area contributed by atoms with E-state index in [-0.39, 0.29) is 5.92 Å². The summed E-state index contributed by atoms with van der Waals surface area (Å²) >= 11 is 0. The number of hydrogen-bond donors (Lipinski definition) is 0. The molecule has 1 aromatic rings. The van der Waals surface area contributed by atoms with E-state index < -0.39 is 17.5 Å². The molecule has 1 aliphatic rings. The van der Waals surface area contributed by atoms with E-state index >= 15 is 0 Å². The third kappa shape index (κ3) is 3.40. The van der Waals surface area contributed by atoms with Crippen molar-refractivity contribution in [2.45, 2.75) is 44.9 Å². The summed E-state index contributed by atoms with van der Waals surface area (Å²) in [6.45, 7) is 2.01. The highest BCUT2D eigenvalue weighted by atomic mass is 19.2. The monoisotopic (exact) mass is 268 g/mol. The van der Waals surface area contributed by atoms with E-state index in [0.29, 0.717) is 11.5 Å². The first kappa shape index (κ1) is 14.2. The molecule has 0 N–H and O–H groups in total. The van der Waals surface area contributed by atoms with Gasteiger partial charge in [-0.2, -0.15) is 0 Å². The van der Waals surface area contributed by atoms with Crippen LogP contribution in [0.5, 0.6) is 0 Å². The Morgan fingerprint density at radius 3 is 2.16 bits per heavy atom. The minimum Gasteiger partial charge on any atom is -0.204 e. The maximum atomic E-state index is 13.2. The third-order valence-corrected chi connectivity index (χ3v) is 4.03. The van der Waals surface area contributed by atoms with Crippen molar-refractivity contribution in [1.29, 1.82) is 0 Å². The summed E-state index contributed by atoms with van der Waals surface area (Å²) in [4.78, 5) is 0. The molecule has 2 rings (SSSR count). The number of allylic oxidation sites excluding steroid dienone is 2.